The van der Waals surface area contributed by atoms with Gasteiger partial charge in [-0.25, -0.2) is 13.6 Å². The second kappa shape index (κ2) is 8.51. The Balaban J connectivity index is 1.43. The normalized spacial score (nSPS) is 15.2. The summed E-state index contributed by atoms with van der Waals surface area (Å²) in [5, 5.41) is 8.63. The Kier molecular flexibility index (Phi) is 5.53. The number of hydrogen-bond acceptors (Lipinski definition) is 7. The third-order valence-corrected chi connectivity index (χ3v) is 6.85. The van der Waals surface area contributed by atoms with E-state index in [9.17, 15) is 8.42 Å². The lowest BCUT2D eigenvalue weighted by molar-refractivity contribution is 0.313. The molecule has 0 bridgehead atoms. The molecule has 1 saturated heterocycles. The van der Waals surface area contributed by atoms with Crippen molar-refractivity contribution in [1.29, 1.82) is 0 Å². The molecule has 3 aromatic carbocycles. The molecule has 3 N–H and O–H groups in total. The fourth-order valence-electron chi connectivity index (χ4n) is 4.10. The number of primary sulfonamides is 1. The Bertz CT molecular complexity index is 1390. The molecular formula is C24H25N5O3S. The Morgan fingerprint density at radius 3 is 2.33 bits per heavy atom. The number of oxazole rings is 1. The highest BCUT2D eigenvalue weighted by molar-refractivity contribution is 7.89. The van der Waals surface area contributed by atoms with Gasteiger partial charge in [0.05, 0.1) is 4.90 Å². The van der Waals surface area contributed by atoms with Crippen LogP contribution < -0.4 is 15.4 Å². The number of nitrogens with two attached hydrogens (primary N) is 1. The topological polar surface area (TPSA) is 105 Å². The average molecular weight is 464 g/mol. The van der Waals surface area contributed by atoms with Gasteiger partial charge in [-0.05, 0) is 43.4 Å². The zero-order valence-electron chi connectivity index (χ0n) is 18.2. The lowest BCUT2D eigenvalue weighted by atomic mass is 10.0. The molecule has 9 heteroatoms. The first-order chi connectivity index (χ1) is 15.9. The number of para-hydroxylation sites is 1. The van der Waals surface area contributed by atoms with Crippen LogP contribution in [0.15, 0.2) is 76.0 Å². The number of fused-ring (bicyclic) bond motifs is 1. The van der Waals surface area contributed by atoms with Gasteiger partial charge in [-0.1, -0.05) is 30.3 Å². The molecule has 0 saturated carbocycles. The van der Waals surface area contributed by atoms with E-state index in [1.54, 1.807) is 24.3 Å². The smallest absolute Gasteiger partial charge is 0.300 e. The van der Waals surface area contributed by atoms with E-state index < -0.39 is 10.0 Å². The van der Waals surface area contributed by atoms with E-state index in [0.29, 0.717) is 28.2 Å². The summed E-state index contributed by atoms with van der Waals surface area (Å²) < 4.78 is 30.2. The molecule has 4 aromatic rings. The zero-order chi connectivity index (χ0) is 23.0. The summed E-state index contributed by atoms with van der Waals surface area (Å²) >= 11 is 0. The van der Waals surface area contributed by atoms with Gasteiger partial charge in [0.15, 0.2) is 5.58 Å². The first-order valence-electron chi connectivity index (χ1n) is 10.7. The molecule has 0 unspecified atom stereocenters. The molecule has 1 aromatic heterocycles. The van der Waals surface area contributed by atoms with Gasteiger partial charge in [0.2, 0.25) is 10.0 Å². The number of hydrogen-bond donors (Lipinski definition) is 2. The molecule has 0 radical (unpaired) electrons. The van der Waals surface area contributed by atoms with Crippen LogP contribution in [-0.4, -0.2) is 51.5 Å². The van der Waals surface area contributed by atoms with Gasteiger partial charge in [-0.2, -0.15) is 4.98 Å². The van der Waals surface area contributed by atoms with Crippen molar-refractivity contribution in [3.63, 3.8) is 0 Å². The van der Waals surface area contributed by atoms with Crippen molar-refractivity contribution in [2.45, 2.75) is 4.90 Å². The van der Waals surface area contributed by atoms with Crippen LogP contribution in [-0.2, 0) is 10.0 Å². The summed E-state index contributed by atoms with van der Waals surface area (Å²) in [4.78, 5) is 9.28. The molecule has 0 atom stereocenters. The minimum atomic E-state index is -3.89. The average Bonchev–Trinajstić information content (AvgIpc) is 3.22. The number of rotatable bonds is 5. The highest BCUT2D eigenvalue weighted by atomic mass is 32.2. The minimum absolute atomic E-state index is 0.0444. The van der Waals surface area contributed by atoms with Crippen LogP contribution in [0.3, 0.4) is 0 Å². The summed E-state index contributed by atoms with van der Waals surface area (Å²) in [6.45, 7) is 4.13. The summed E-state index contributed by atoms with van der Waals surface area (Å²) in [6, 6.07) is 20.5. The van der Waals surface area contributed by atoms with Gasteiger partial charge in [0.1, 0.15) is 5.52 Å². The van der Waals surface area contributed by atoms with Gasteiger partial charge in [0, 0.05) is 48.7 Å². The second-order valence-corrected chi connectivity index (χ2v) is 9.71. The standard InChI is InChI=1S/C24H25N5O3S/c1-28-13-15-29(16-14-28)18-11-9-17(10-12-18)26-24-27-21-7-4-6-20(23(21)32-24)19-5-2-3-8-22(19)33(25,30)31/h2-12H,13-16H2,1H3,(H,26,27)(H2,25,30,31). The molecule has 0 spiro atoms. The number of sulfonamides is 1. The monoisotopic (exact) mass is 463 g/mol. The van der Waals surface area contributed by atoms with E-state index >= 15 is 0 Å². The number of anilines is 3. The lowest BCUT2D eigenvalue weighted by Gasteiger charge is -2.34. The van der Waals surface area contributed by atoms with Crippen molar-refractivity contribution in [2.75, 3.05) is 43.4 Å². The Hall–Kier alpha value is -3.40. The highest BCUT2D eigenvalue weighted by Crippen LogP contribution is 2.34. The number of likely N-dealkylation sites (N-methyl/N-ethyl adjacent to an activating group) is 1. The summed E-state index contributed by atoms with van der Waals surface area (Å²) in [5.41, 5.74) is 4.24. The van der Waals surface area contributed by atoms with Gasteiger partial charge in [0.25, 0.3) is 6.01 Å². The van der Waals surface area contributed by atoms with E-state index in [2.05, 4.69) is 39.3 Å². The quantitative estimate of drug-likeness (QED) is 0.466. The second-order valence-electron chi connectivity index (χ2n) is 8.18. The van der Waals surface area contributed by atoms with Crippen LogP contribution in [0.25, 0.3) is 22.2 Å². The first kappa shape index (κ1) is 21.4. The van der Waals surface area contributed by atoms with E-state index in [1.165, 1.54) is 11.8 Å². The Morgan fingerprint density at radius 2 is 1.61 bits per heavy atom. The predicted molar refractivity (Wildman–Crippen MR) is 130 cm³/mol. The number of piperazine rings is 1. The van der Waals surface area contributed by atoms with E-state index in [4.69, 9.17) is 9.56 Å². The van der Waals surface area contributed by atoms with Crippen molar-refractivity contribution < 1.29 is 12.8 Å². The molecule has 2 heterocycles. The van der Waals surface area contributed by atoms with E-state index in [0.717, 1.165) is 31.9 Å². The third-order valence-electron chi connectivity index (χ3n) is 5.89. The van der Waals surface area contributed by atoms with E-state index in [-0.39, 0.29) is 4.90 Å². The molecule has 33 heavy (non-hydrogen) atoms. The number of nitrogens with one attached hydrogen (secondary N) is 1. The van der Waals surface area contributed by atoms with Crippen molar-refractivity contribution in [3.05, 3.63) is 66.7 Å². The molecule has 5 rings (SSSR count). The predicted octanol–water partition coefficient (Wildman–Crippen LogP) is 3.64. The maximum Gasteiger partial charge on any atom is 0.300 e. The maximum absolute atomic E-state index is 12.1. The Morgan fingerprint density at radius 1 is 0.909 bits per heavy atom. The molecule has 0 aliphatic carbocycles. The highest BCUT2D eigenvalue weighted by Gasteiger charge is 2.19. The van der Waals surface area contributed by atoms with Crippen molar-refractivity contribution >= 4 is 38.5 Å². The molecule has 0 amide bonds. The summed E-state index contributed by atoms with van der Waals surface area (Å²) in [5.74, 6) is 0. The van der Waals surface area contributed by atoms with Crippen molar-refractivity contribution in [3.8, 4) is 11.1 Å². The number of aromatic nitrogens is 1. The van der Waals surface area contributed by atoms with Crippen LogP contribution in [0.1, 0.15) is 0 Å². The third kappa shape index (κ3) is 4.43. The van der Waals surface area contributed by atoms with Crippen LogP contribution in [0.4, 0.5) is 17.4 Å². The fraction of sp³-hybridized carbons (Fsp3) is 0.208. The Labute approximate surface area is 192 Å². The fourth-order valence-corrected chi connectivity index (χ4v) is 4.85. The molecule has 1 aliphatic rings. The van der Waals surface area contributed by atoms with Crippen molar-refractivity contribution in [2.24, 2.45) is 5.14 Å². The van der Waals surface area contributed by atoms with Crippen LogP contribution >= 0.6 is 0 Å². The van der Waals surface area contributed by atoms with Crippen LogP contribution in [0, 0.1) is 0 Å². The molecule has 1 fully saturated rings. The minimum Gasteiger partial charge on any atom is -0.423 e. The van der Waals surface area contributed by atoms with Gasteiger partial charge < -0.3 is 19.5 Å². The van der Waals surface area contributed by atoms with Gasteiger partial charge in [-0.15, -0.1) is 0 Å². The molecule has 8 nitrogen and oxygen atoms in total. The SMILES string of the molecule is CN1CCN(c2ccc(Nc3nc4cccc(-c5ccccc5S(N)(=O)=O)c4o3)cc2)CC1. The van der Waals surface area contributed by atoms with Crippen LogP contribution in [0.2, 0.25) is 0 Å². The largest absolute Gasteiger partial charge is 0.423 e. The summed E-state index contributed by atoms with van der Waals surface area (Å²) in [6.07, 6.45) is 0. The molecular weight excluding hydrogens is 438 g/mol. The zero-order valence-corrected chi connectivity index (χ0v) is 19.0. The first-order valence-corrected chi connectivity index (χ1v) is 12.3. The van der Waals surface area contributed by atoms with E-state index in [1.807, 2.05) is 24.3 Å². The maximum atomic E-state index is 12.1. The molecule has 170 valence electrons. The summed E-state index contributed by atoms with van der Waals surface area (Å²) in [7, 11) is -1.75. The van der Waals surface area contributed by atoms with Gasteiger partial charge >= 0.3 is 0 Å². The number of nitrogens with zero attached hydrogens (tertiary/aromatic N) is 3. The lowest BCUT2D eigenvalue weighted by Crippen LogP contribution is -2.44. The van der Waals surface area contributed by atoms with Gasteiger partial charge in [-0.3, -0.25) is 0 Å². The van der Waals surface area contributed by atoms with Crippen LogP contribution in [0.5, 0.6) is 0 Å². The molecule has 1 aliphatic heterocycles. The van der Waals surface area contributed by atoms with Crippen molar-refractivity contribution in [1.82, 2.24) is 9.88 Å². The number of benzene rings is 3.